The third-order valence-corrected chi connectivity index (χ3v) is 6.73. The summed E-state index contributed by atoms with van der Waals surface area (Å²) in [6, 6.07) is 6.11. The van der Waals surface area contributed by atoms with Crippen LogP contribution >= 0.6 is 50.7 Å². The Bertz CT molecular complexity index is 1190. The van der Waals surface area contributed by atoms with E-state index in [1.807, 2.05) is 0 Å². The summed E-state index contributed by atoms with van der Waals surface area (Å²) < 4.78 is 78.4. The maximum absolute atomic E-state index is 13.7. The first-order chi connectivity index (χ1) is 16.8. The fourth-order valence-electron chi connectivity index (χ4n) is 3.00. The van der Waals surface area contributed by atoms with Crippen LogP contribution in [-0.2, 0) is 4.79 Å². The van der Waals surface area contributed by atoms with Crippen molar-refractivity contribution in [1.29, 1.82) is 0 Å². The van der Waals surface area contributed by atoms with Crippen LogP contribution in [0.4, 0.5) is 26.3 Å². The van der Waals surface area contributed by atoms with Gasteiger partial charge in [0.2, 0.25) is 5.91 Å². The summed E-state index contributed by atoms with van der Waals surface area (Å²) in [6.07, 6.45) is -7.26. The zero-order chi connectivity index (χ0) is 28.3. The number of amides is 2. The van der Waals surface area contributed by atoms with Gasteiger partial charge in [-0.2, -0.15) is 26.3 Å². The van der Waals surface area contributed by atoms with Gasteiger partial charge in [-0.15, -0.1) is 0 Å². The van der Waals surface area contributed by atoms with Crippen molar-refractivity contribution in [2.24, 2.45) is 0 Å². The van der Waals surface area contributed by atoms with Gasteiger partial charge in [0.15, 0.2) is 0 Å². The second-order valence-electron chi connectivity index (χ2n) is 8.29. The monoisotopic (exact) mass is 652 g/mol. The molecular weight excluding hydrogens is 637 g/mol. The van der Waals surface area contributed by atoms with Crippen molar-refractivity contribution in [1.82, 2.24) is 10.6 Å². The largest absolute Gasteiger partial charge is 0.405 e. The number of halogens is 10. The minimum atomic E-state index is -4.69. The SMILES string of the molecule is CC(C)(NC(=O)c1ccc(/C=C/C(c2cc(Cl)c(Cl)c(Cl)c2)C(F)(F)F)cc1Br)C(=O)NCC(F)(F)F. The molecule has 2 aromatic carbocycles. The number of hydrogen-bond acceptors (Lipinski definition) is 2. The Hall–Kier alpha value is -1.95. The number of nitrogens with one attached hydrogen (secondary N) is 2. The van der Waals surface area contributed by atoms with Gasteiger partial charge >= 0.3 is 12.4 Å². The first-order valence-electron chi connectivity index (χ1n) is 10.2. The van der Waals surface area contributed by atoms with Crippen LogP contribution in [0.3, 0.4) is 0 Å². The van der Waals surface area contributed by atoms with Gasteiger partial charge in [0.25, 0.3) is 5.91 Å². The van der Waals surface area contributed by atoms with Crippen LogP contribution in [0.25, 0.3) is 6.08 Å². The molecule has 4 nitrogen and oxygen atoms in total. The second kappa shape index (κ2) is 11.8. The van der Waals surface area contributed by atoms with Crippen molar-refractivity contribution >= 4 is 68.6 Å². The lowest BCUT2D eigenvalue weighted by Crippen LogP contribution is -2.56. The van der Waals surface area contributed by atoms with Gasteiger partial charge in [0, 0.05) is 4.47 Å². The molecule has 2 N–H and O–H groups in total. The van der Waals surface area contributed by atoms with Gasteiger partial charge in [0.1, 0.15) is 12.1 Å². The molecular formula is C23H18BrCl3F6N2O2. The van der Waals surface area contributed by atoms with E-state index >= 15 is 0 Å². The molecule has 2 aromatic rings. The average Bonchev–Trinajstić information content (AvgIpc) is 2.74. The van der Waals surface area contributed by atoms with Crippen LogP contribution in [0.15, 0.2) is 40.9 Å². The molecule has 0 heterocycles. The van der Waals surface area contributed by atoms with Crippen LogP contribution in [0, 0.1) is 0 Å². The van der Waals surface area contributed by atoms with Gasteiger partial charge in [-0.25, -0.2) is 0 Å². The molecule has 0 aliphatic carbocycles. The van der Waals surface area contributed by atoms with Crippen LogP contribution in [0.5, 0.6) is 0 Å². The Labute approximate surface area is 231 Å². The Balaban J connectivity index is 2.24. The molecule has 1 unspecified atom stereocenters. The van der Waals surface area contributed by atoms with E-state index in [1.165, 1.54) is 38.1 Å². The third-order valence-electron chi connectivity index (χ3n) is 4.88. The number of benzene rings is 2. The number of rotatable bonds is 7. The summed E-state index contributed by atoms with van der Waals surface area (Å²) in [7, 11) is 0. The van der Waals surface area contributed by atoms with Crippen LogP contribution in [-0.4, -0.2) is 36.3 Å². The lowest BCUT2D eigenvalue weighted by Gasteiger charge is -2.25. The highest BCUT2D eigenvalue weighted by Crippen LogP contribution is 2.41. The van der Waals surface area contributed by atoms with Crippen molar-refractivity contribution in [3.8, 4) is 0 Å². The van der Waals surface area contributed by atoms with E-state index in [0.29, 0.717) is 0 Å². The Morgan fingerprint density at radius 2 is 1.57 bits per heavy atom. The lowest BCUT2D eigenvalue weighted by molar-refractivity contribution is -0.141. The third kappa shape index (κ3) is 8.80. The molecule has 2 rings (SSSR count). The zero-order valence-electron chi connectivity index (χ0n) is 18.9. The summed E-state index contributed by atoms with van der Waals surface area (Å²) in [6.45, 7) is 0.867. The fraction of sp³-hybridized carbons (Fsp3) is 0.304. The number of allylic oxidation sites excluding steroid dienone is 1. The Kier molecular flexibility index (Phi) is 10.0. The van der Waals surface area contributed by atoms with Crippen molar-refractivity contribution in [3.05, 3.63) is 72.6 Å². The number of hydrogen-bond donors (Lipinski definition) is 2. The van der Waals surface area contributed by atoms with E-state index in [1.54, 1.807) is 5.32 Å². The highest BCUT2D eigenvalue weighted by atomic mass is 79.9. The predicted octanol–water partition coefficient (Wildman–Crippen LogP) is 7.96. The van der Waals surface area contributed by atoms with Crippen LogP contribution < -0.4 is 10.6 Å². The van der Waals surface area contributed by atoms with Gasteiger partial charge in [0.05, 0.1) is 26.5 Å². The Morgan fingerprint density at radius 3 is 2.05 bits per heavy atom. The molecule has 14 heteroatoms. The lowest BCUT2D eigenvalue weighted by atomic mass is 9.97. The highest BCUT2D eigenvalue weighted by Gasteiger charge is 2.39. The molecule has 0 aliphatic rings. The van der Waals surface area contributed by atoms with Crippen molar-refractivity contribution in [2.75, 3.05) is 6.54 Å². The van der Waals surface area contributed by atoms with E-state index in [9.17, 15) is 35.9 Å². The summed E-state index contributed by atoms with van der Waals surface area (Å²) in [5.41, 5.74) is -1.64. The normalized spacial score (nSPS) is 13.5. The molecule has 0 saturated carbocycles. The number of carbonyl (C=O) groups excluding carboxylic acids is 2. The van der Waals surface area contributed by atoms with E-state index in [0.717, 1.165) is 18.2 Å². The molecule has 0 saturated heterocycles. The standard InChI is InChI=1S/C23H18BrCl3F6N2O2/c1-21(2,20(37)34-10-22(28,29)30)35-19(36)13-5-3-11(7-15(13)24)4-6-14(23(31,32)33)12-8-16(25)18(27)17(26)9-12/h3-9,14H,10H2,1-2H3,(H,34,37)(H,35,36)/b6-4+. The molecule has 2 amide bonds. The van der Waals surface area contributed by atoms with Crippen LogP contribution in [0.1, 0.15) is 41.3 Å². The molecule has 0 radical (unpaired) electrons. The molecule has 1 atom stereocenters. The average molecular weight is 655 g/mol. The van der Waals surface area contributed by atoms with Gasteiger partial charge in [-0.05, 0) is 65.2 Å². The molecule has 0 bridgehead atoms. The molecule has 0 fully saturated rings. The quantitative estimate of drug-likeness (QED) is 0.235. The molecule has 0 aromatic heterocycles. The number of carbonyl (C=O) groups is 2. The summed E-state index contributed by atoms with van der Waals surface area (Å²) in [5.74, 6) is -3.93. The molecule has 37 heavy (non-hydrogen) atoms. The zero-order valence-corrected chi connectivity index (χ0v) is 22.8. The van der Waals surface area contributed by atoms with Gasteiger partial charge in [-0.1, -0.05) is 53.0 Å². The molecule has 202 valence electrons. The van der Waals surface area contributed by atoms with Crippen molar-refractivity contribution in [3.63, 3.8) is 0 Å². The van der Waals surface area contributed by atoms with Crippen molar-refractivity contribution in [2.45, 2.75) is 37.7 Å². The van der Waals surface area contributed by atoms with E-state index in [-0.39, 0.29) is 36.2 Å². The minimum absolute atomic E-state index is 0.00233. The van der Waals surface area contributed by atoms with Crippen LogP contribution in [0.2, 0.25) is 15.1 Å². The van der Waals surface area contributed by atoms with E-state index in [4.69, 9.17) is 34.8 Å². The number of alkyl halides is 6. The maximum atomic E-state index is 13.7. The first-order valence-corrected chi connectivity index (χ1v) is 12.1. The molecule has 0 spiro atoms. The predicted molar refractivity (Wildman–Crippen MR) is 134 cm³/mol. The van der Waals surface area contributed by atoms with E-state index < -0.39 is 42.2 Å². The fourth-order valence-corrected chi connectivity index (χ4v) is 4.19. The first kappa shape index (κ1) is 31.3. The summed E-state index contributed by atoms with van der Waals surface area (Å²) in [5, 5.41) is 3.66. The summed E-state index contributed by atoms with van der Waals surface area (Å²) in [4.78, 5) is 24.7. The van der Waals surface area contributed by atoms with Gasteiger partial charge in [-0.3, -0.25) is 9.59 Å². The summed E-state index contributed by atoms with van der Waals surface area (Å²) >= 11 is 20.7. The second-order valence-corrected chi connectivity index (χ2v) is 10.3. The highest BCUT2D eigenvalue weighted by molar-refractivity contribution is 9.10. The van der Waals surface area contributed by atoms with E-state index in [2.05, 4.69) is 21.2 Å². The maximum Gasteiger partial charge on any atom is 0.405 e. The smallest absolute Gasteiger partial charge is 0.345 e. The topological polar surface area (TPSA) is 58.2 Å². The minimum Gasteiger partial charge on any atom is -0.345 e. The van der Waals surface area contributed by atoms with Crippen molar-refractivity contribution < 1.29 is 35.9 Å². The Morgan fingerprint density at radius 1 is 1.00 bits per heavy atom. The van der Waals surface area contributed by atoms with Gasteiger partial charge < -0.3 is 10.6 Å². The molecule has 0 aliphatic heterocycles.